The molecule has 0 amide bonds. The summed E-state index contributed by atoms with van der Waals surface area (Å²) in [5.74, 6) is 1.48. The van der Waals surface area contributed by atoms with Crippen molar-refractivity contribution in [3.63, 3.8) is 0 Å². The van der Waals surface area contributed by atoms with Gasteiger partial charge >= 0.3 is 0 Å². The standard InChI is InChI=1S/C13H25NO/c1-11(15)13-7-4-8-14(10-13)9-12-5-2-3-6-12/h11-13,15H,2-10H2,1H3. The lowest BCUT2D eigenvalue weighted by molar-refractivity contribution is 0.0567. The van der Waals surface area contributed by atoms with Crippen molar-refractivity contribution in [2.75, 3.05) is 19.6 Å². The SMILES string of the molecule is CC(O)C1CCCN(CC2CCCC2)C1. The molecule has 2 aliphatic rings. The topological polar surface area (TPSA) is 23.5 Å². The van der Waals surface area contributed by atoms with Crippen molar-refractivity contribution in [2.45, 2.75) is 51.6 Å². The van der Waals surface area contributed by atoms with Gasteiger partial charge in [-0.15, -0.1) is 0 Å². The maximum absolute atomic E-state index is 9.63. The van der Waals surface area contributed by atoms with Gasteiger partial charge in [0.1, 0.15) is 0 Å². The van der Waals surface area contributed by atoms with Crippen molar-refractivity contribution in [1.82, 2.24) is 4.90 Å². The Balaban J connectivity index is 1.76. The predicted molar refractivity (Wildman–Crippen MR) is 62.8 cm³/mol. The minimum atomic E-state index is -0.114. The summed E-state index contributed by atoms with van der Waals surface area (Å²) in [5.41, 5.74) is 0. The van der Waals surface area contributed by atoms with E-state index in [1.165, 1.54) is 51.6 Å². The Morgan fingerprint density at radius 1 is 1.20 bits per heavy atom. The monoisotopic (exact) mass is 211 g/mol. The molecular formula is C13H25NO. The van der Waals surface area contributed by atoms with Gasteiger partial charge in [0.25, 0.3) is 0 Å². The van der Waals surface area contributed by atoms with Crippen molar-refractivity contribution >= 4 is 0 Å². The van der Waals surface area contributed by atoms with E-state index in [1.54, 1.807) is 0 Å². The van der Waals surface area contributed by atoms with Crippen molar-refractivity contribution in [3.05, 3.63) is 0 Å². The van der Waals surface area contributed by atoms with Crippen LogP contribution in [0.1, 0.15) is 45.4 Å². The molecule has 0 radical (unpaired) electrons. The Morgan fingerprint density at radius 3 is 2.60 bits per heavy atom. The molecule has 0 aromatic rings. The number of hydrogen-bond donors (Lipinski definition) is 1. The maximum atomic E-state index is 9.63. The normalized spacial score (nSPS) is 32.0. The highest BCUT2D eigenvalue weighted by atomic mass is 16.3. The third-order valence-corrected chi connectivity index (χ3v) is 4.22. The van der Waals surface area contributed by atoms with Gasteiger partial charge in [0.05, 0.1) is 6.10 Å². The van der Waals surface area contributed by atoms with E-state index in [0.717, 1.165) is 12.5 Å². The molecule has 2 atom stereocenters. The zero-order chi connectivity index (χ0) is 10.7. The Kier molecular flexibility index (Phi) is 4.04. The summed E-state index contributed by atoms with van der Waals surface area (Å²) in [4.78, 5) is 2.59. The summed E-state index contributed by atoms with van der Waals surface area (Å²) < 4.78 is 0. The molecule has 2 unspecified atom stereocenters. The smallest absolute Gasteiger partial charge is 0.0552 e. The lowest BCUT2D eigenvalue weighted by Gasteiger charge is -2.35. The minimum absolute atomic E-state index is 0.114. The predicted octanol–water partition coefficient (Wildman–Crippen LogP) is 2.27. The summed E-state index contributed by atoms with van der Waals surface area (Å²) in [6.07, 6.45) is 8.15. The minimum Gasteiger partial charge on any atom is -0.393 e. The van der Waals surface area contributed by atoms with Crippen molar-refractivity contribution in [2.24, 2.45) is 11.8 Å². The number of piperidine rings is 1. The van der Waals surface area contributed by atoms with Gasteiger partial charge in [-0.2, -0.15) is 0 Å². The van der Waals surface area contributed by atoms with Gasteiger partial charge in [-0.3, -0.25) is 0 Å². The quantitative estimate of drug-likeness (QED) is 0.774. The first-order valence-electron chi connectivity index (χ1n) is 6.66. The molecule has 1 saturated heterocycles. The van der Waals surface area contributed by atoms with Crippen LogP contribution >= 0.6 is 0 Å². The van der Waals surface area contributed by atoms with Gasteiger partial charge in [0, 0.05) is 13.1 Å². The molecule has 1 heterocycles. The second-order valence-corrected chi connectivity index (χ2v) is 5.55. The summed E-state index contributed by atoms with van der Waals surface area (Å²) in [5, 5.41) is 9.63. The Hall–Kier alpha value is -0.0800. The zero-order valence-corrected chi connectivity index (χ0v) is 9.99. The Morgan fingerprint density at radius 2 is 1.93 bits per heavy atom. The molecule has 2 nitrogen and oxygen atoms in total. The molecule has 1 aliphatic heterocycles. The number of likely N-dealkylation sites (tertiary alicyclic amines) is 1. The molecule has 2 heteroatoms. The van der Waals surface area contributed by atoms with Gasteiger partial charge in [0.2, 0.25) is 0 Å². The fraction of sp³-hybridized carbons (Fsp3) is 1.00. The average Bonchev–Trinajstić information content (AvgIpc) is 2.71. The van der Waals surface area contributed by atoms with Crippen LogP contribution in [0.25, 0.3) is 0 Å². The molecule has 1 saturated carbocycles. The maximum Gasteiger partial charge on any atom is 0.0552 e. The zero-order valence-electron chi connectivity index (χ0n) is 9.99. The van der Waals surface area contributed by atoms with E-state index in [-0.39, 0.29) is 6.10 Å². The van der Waals surface area contributed by atoms with Crippen LogP contribution in [-0.4, -0.2) is 35.7 Å². The summed E-state index contributed by atoms with van der Waals surface area (Å²) >= 11 is 0. The van der Waals surface area contributed by atoms with E-state index in [4.69, 9.17) is 0 Å². The highest BCUT2D eigenvalue weighted by Crippen LogP contribution is 2.27. The van der Waals surface area contributed by atoms with Crippen LogP contribution in [0.3, 0.4) is 0 Å². The van der Waals surface area contributed by atoms with Crippen molar-refractivity contribution in [1.29, 1.82) is 0 Å². The van der Waals surface area contributed by atoms with Gasteiger partial charge in [-0.05, 0) is 51.0 Å². The van der Waals surface area contributed by atoms with E-state index < -0.39 is 0 Å². The molecule has 0 aromatic heterocycles. The Bertz CT molecular complexity index is 185. The van der Waals surface area contributed by atoms with Crippen LogP contribution in [0, 0.1) is 11.8 Å². The van der Waals surface area contributed by atoms with Crippen LogP contribution in [0.5, 0.6) is 0 Å². The van der Waals surface area contributed by atoms with Crippen LogP contribution in [-0.2, 0) is 0 Å². The number of rotatable bonds is 3. The van der Waals surface area contributed by atoms with Crippen molar-refractivity contribution < 1.29 is 5.11 Å². The second kappa shape index (κ2) is 5.31. The molecule has 1 aliphatic carbocycles. The lowest BCUT2D eigenvalue weighted by atomic mass is 9.92. The number of aliphatic hydroxyl groups excluding tert-OH is 1. The van der Waals surface area contributed by atoms with Crippen LogP contribution < -0.4 is 0 Å². The molecule has 0 spiro atoms. The molecule has 2 fully saturated rings. The largest absolute Gasteiger partial charge is 0.393 e. The second-order valence-electron chi connectivity index (χ2n) is 5.55. The highest BCUT2D eigenvalue weighted by Gasteiger charge is 2.25. The van der Waals surface area contributed by atoms with E-state index in [2.05, 4.69) is 4.90 Å². The molecule has 0 bridgehead atoms. The number of hydrogen-bond acceptors (Lipinski definition) is 2. The highest BCUT2D eigenvalue weighted by molar-refractivity contribution is 4.79. The van der Waals surface area contributed by atoms with Gasteiger partial charge < -0.3 is 10.0 Å². The van der Waals surface area contributed by atoms with Gasteiger partial charge in [-0.1, -0.05) is 12.8 Å². The van der Waals surface area contributed by atoms with Crippen LogP contribution in [0.4, 0.5) is 0 Å². The number of aliphatic hydroxyl groups is 1. The number of nitrogens with zero attached hydrogens (tertiary/aromatic N) is 1. The molecule has 1 N–H and O–H groups in total. The molecule has 2 rings (SSSR count). The van der Waals surface area contributed by atoms with E-state index in [0.29, 0.717) is 5.92 Å². The summed E-state index contributed by atoms with van der Waals surface area (Å²) in [6.45, 7) is 5.64. The fourth-order valence-corrected chi connectivity index (χ4v) is 3.21. The fourth-order valence-electron chi connectivity index (χ4n) is 3.21. The first kappa shape index (κ1) is 11.4. The van der Waals surface area contributed by atoms with E-state index in [9.17, 15) is 5.11 Å². The molecule has 15 heavy (non-hydrogen) atoms. The van der Waals surface area contributed by atoms with Crippen LogP contribution in [0.2, 0.25) is 0 Å². The average molecular weight is 211 g/mol. The first-order valence-corrected chi connectivity index (χ1v) is 6.66. The van der Waals surface area contributed by atoms with Gasteiger partial charge in [0.15, 0.2) is 0 Å². The van der Waals surface area contributed by atoms with Crippen molar-refractivity contribution in [3.8, 4) is 0 Å². The van der Waals surface area contributed by atoms with Crippen LogP contribution in [0.15, 0.2) is 0 Å². The molecular weight excluding hydrogens is 186 g/mol. The third kappa shape index (κ3) is 3.18. The Labute approximate surface area is 93.7 Å². The molecule has 0 aromatic carbocycles. The molecule has 88 valence electrons. The first-order chi connectivity index (χ1) is 7.25. The van der Waals surface area contributed by atoms with E-state index in [1.807, 2.05) is 6.92 Å². The summed E-state index contributed by atoms with van der Waals surface area (Å²) in [6, 6.07) is 0. The third-order valence-electron chi connectivity index (χ3n) is 4.22. The summed E-state index contributed by atoms with van der Waals surface area (Å²) in [7, 11) is 0. The van der Waals surface area contributed by atoms with Gasteiger partial charge in [-0.25, -0.2) is 0 Å². The van der Waals surface area contributed by atoms with E-state index >= 15 is 0 Å². The lowest BCUT2D eigenvalue weighted by Crippen LogP contribution is -2.41.